The highest BCUT2D eigenvalue weighted by molar-refractivity contribution is 5.73. The second-order valence-electron chi connectivity index (χ2n) is 3.72. The lowest BCUT2D eigenvalue weighted by Gasteiger charge is -2.04. The lowest BCUT2D eigenvalue weighted by atomic mass is 10.3. The van der Waals surface area contributed by atoms with Crippen LogP contribution in [-0.2, 0) is 6.54 Å². The van der Waals surface area contributed by atoms with E-state index in [9.17, 15) is 0 Å². The molecule has 5 nitrogen and oxygen atoms in total. The molecule has 0 bridgehead atoms. The van der Waals surface area contributed by atoms with Gasteiger partial charge in [0.25, 0.3) is 0 Å². The fourth-order valence-electron chi connectivity index (χ4n) is 1.79. The van der Waals surface area contributed by atoms with E-state index in [2.05, 4.69) is 15.0 Å². The summed E-state index contributed by atoms with van der Waals surface area (Å²) in [7, 11) is 0. The van der Waals surface area contributed by atoms with Crippen LogP contribution in [0.15, 0.2) is 42.7 Å². The molecule has 0 saturated heterocycles. The van der Waals surface area contributed by atoms with Crippen LogP contribution >= 0.6 is 0 Å². The molecule has 2 N–H and O–H groups in total. The number of fused-ring (bicyclic) bond motifs is 1. The van der Waals surface area contributed by atoms with Crippen molar-refractivity contribution in [3.63, 3.8) is 0 Å². The fourth-order valence-corrected chi connectivity index (χ4v) is 1.79. The number of imidazole rings is 1. The van der Waals surface area contributed by atoms with Gasteiger partial charge in [-0.25, -0.2) is 9.97 Å². The van der Waals surface area contributed by atoms with Gasteiger partial charge in [0, 0.05) is 12.4 Å². The van der Waals surface area contributed by atoms with E-state index in [4.69, 9.17) is 5.73 Å². The van der Waals surface area contributed by atoms with Gasteiger partial charge in [0.2, 0.25) is 5.95 Å². The lowest BCUT2D eigenvalue weighted by molar-refractivity contribution is 0.801. The number of rotatable bonds is 2. The molecule has 0 atom stereocenters. The molecule has 0 aromatic carbocycles. The van der Waals surface area contributed by atoms with Crippen LogP contribution in [0, 0.1) is 0 Å². The van der Waals surface area contributed by atoms with E-state index in [0.717, 1.165) is 16.9 Å². The van der Waals surface area contributed by atoms with Crippen LogP contribution in [0.25, 0.3) is 11.2 Å². The molecule has 3 aromatic rings. The zero-order valence-electron chi connectivity index (χ0n) is 9.11. The zero-order chi connectivity index (χ0) is 11.7. The number of hydrogen-bond donors (Lipinski definition) is 1. The van der Waals surface area contributed by atoms with Crippen LogP contribution in [0.5, 0.6) is 0 Å². The van der Waals surface area contributed by atoms with Crippen molar-refractivity contribution in [2.24, 2.45) is 0 Å². The van der Waals surface area contributed by atoms with Crippen LogP contribution in [0.4, 0.5) is 5.95 Å². The average molecular weight is 225 g/mol. The highest BCUT2D eigenvalue weighted by atomic mass is 15.2. The van der Waals surface area contributed by atoms with Crippen LogP contribution in [-0.4, -0.2) is 19.5 Å². The van der Waals surface area contributed by atoms with E-state index in [0.29, 0.717) is 12.5 Å². The maximum atomic E-state index is 5.89. The first-order chi connectivity index (χ1) is 8.34. The fraction of sp³-hybridized carbons (Fsp3) is 0.0833. The van der Waals surface area contributed by atoms with E-state index in [1.807, 2.05) is 34.9 Å². The molecular formula is C12H11N5. The smallest absolute Gasteiger partial charge is 0.202 e. The molecule has 0 aliphatic rings. The Bertz CT molecular complexity index is 644. The summed E-state index contributed by atoms with van der Waals surface area (Å²) < 4.78 is 1.86. The maximum absolute atomic E-state index is 5.89. The maximum Gasteiger partial charge on any atom is 0.202 e. The van der Waals surface area contributed by atoms with Gasteiger partial charge in [0.05, 0.1) is 12.2 Å². The first-order valence-electron chi connectivity index (χ1n) is 5.31. The second kappa shape index (κ2) is 3.86. The summed E-state index contributed by atoms with van der Waals surface area (Å²) in [4.78, 5) is 12.8. The monoisotopic (exact) mass is 225 g/mol. The number of nitrogens with zero attached hydrogens (tertiary/aromatic N) is 4. The number of aromatic nitrogens is 4. The first-order valence-corrected chi connectivity index (χ1v) is 5.31. The van der Waals surface area contributed by atoms with Gasteiger partial charge in [-0.1, -0.05) is 6.07 Å². The molecule has 0 spiro atoms. The van der Waals surface area contributed by atoms with Crippen molar-refractivity contribution < 1.29 is 0 Å². The average Bonchev–Trinajstić information content (AvgIpc) is 2.68. The predicted molar refractivity (Wildman–Crippen MR) is 65.3 cm³/mol. The molecule has 3 rings (SSSR count). The molecule has 84 valence electrons. The van der Waals surface area contributed by atoms with E-state index in [-0.39, 0.29) is 0 Å². The molecule has 0 fully saturated rings. The van der Waals surface area contributed by atoms with E-state index < -0.39 is 0 Å². The Morgan fingerprint density at radius 3 is 2.76 bits per heavy atom. The molecule has 0 aliphatic carbocycles. The summed E-state index contributed by atoms with van der Waals surface area (Å²) in [6, 6.07) is 9.53. The quantitative estimate of drug-likeness (QED) is 0.716. The largest absolute Gasteiger partial charge is 0.369 e. The second-order valence-corrected chi connectivity index (χ2v) is 3.72. The van der Waals surface area contributed by atoms with E-state index in [1.165, 1.54) is 0 Å². The van der Waals surface area contributed by atoms with Crippen LogP contribution in [0.3, 0.4) is 0 Å². The summed E-state index contributed by atoms with van der Waals surface area (Å²) in [5.41, 5.74) is 8.41. The number of nitrogen functional groups attached to an aromatic ring is 1. The molecular weight excluding hydrogens is 214 g/mol. The Balaban J connectivity index is 2.08. The molecule has 0 amide bonds. The van der Waals surface area contributed by atoms with Crippen molar-refractivity contribution in [2.75, 3.05) is 5.73 Å². The predicted octanol–water partition coefficient (Wildman–Crippen LogP) is 1.46. The van der Waals surface area contributed by atoms with Gasteiger partial charge in [0.15, 0.2) is 5.65 Å². The third-order valence-electron chi connectivity index (χ3n) is 2.58. The van der Waals surface area contributed by atoms with Gasteiger partial charge < -0.3 is 5.73 Å². The minimum atomic E-state index is 0.462. The van der Waals surface area contributed by atoms with Gasteiger partial charge in [-0.3, -0.25) is 9.55 Å². The standard InChI is InChI=1S/C12H11N5/c13-12-16-10-5-3-7-15-11(10)17(12)8-9-4-1-2-6-14-9/h1-7H,8H2,(H2,13,16). The molecule has 17 heavy (non-hydrogen) atoms. The van der Waals surface area contributed by atoms with Gasteiger partial charge in [0.1, 0.15) is 5.52 Å². The first kappa shape index (κ1) is 9.77. The molecule has 0 radical (unpaired) electrons. The van der Waals surface area contributed by atoms with Gasteiger partial charge >= 0.3 is 0 Å². The summed E-state index contributed by atoms with van der Waals surface area (Å²) in [5, 5.41) is 0. The van der Waals surface area contributed by atoms with E-state index >= 15 is 0 Å². The molecule has 0 saturated carbocycles. The Kier molecular flexibility index (Phi) is 2.22. The van der Waals surface area contributed by atoms with Crippen LogP contribution in [0.2, 0.25) is 0 Å². The Morgan fingerprint density at radius 1 is 1.06 bits per heavy atom. The minimum Gasteiger partial charge on any atom is -0.369 e. The highest BCUT2D eigenvalue weighted by Crippen LogP contribution is 2.16. The van der Waals surface area contributed by atoms with Crippen LogP contribution < -0.4 is 5.73 Å². The summed E-state index contributed by atoms with van der Waals surface area (Å²) in [6.45, 7) is 0.584. The third-order valence-corrected chi connectivity index (χ3v) is 2.58. The molecule has 5 heteroatoms. The van der Waals surface area contributed by atoms with Crippen molar-refractivity contribution in [3.05, 3.63) is 48.4 Å². The number of hydrogen-bond acceptors (Lipinski definition) is 4. The Labute approximate surface area is 98.0 Å². The number of anilines is 1. The van der Waals surface area contributed by atoms with Gasteiger partial charge in [-0.15, -0.1) is 0 Å². The topological polar surface area (TPSA) is 69.6 Å². The van der Waals surface area contributed by atoms with Crippen molar-refractivity contribution in [3.8, 4) is 0 Å². The Morgan fingerprint density at radius 2 is 1.94 bits per heavy atom. The van der Waals surface area contributed by atoms with Gasteiger partial charge in [-0.05, 0) is 24.3 Å². The number of pyridine rings is 2. The summed E-state index contributed by atoms with van der Waals surface area (Å²) >= 11 is 0. The normalized spacial score (nSPS) is 10.8. The van der Waals surface area contributed by atoms with Crippen molar-refractivity contribution in [2.45, 2.75) is 6.54 Å². The van der Waals surface area contributed by atoms with Crippen molar-refractivity contribution >= 4 is 17.1 Å². The zero-order valence-corrected chi connectivity index (χ0v) is 9.11. The van der Waals surface area contributed by atoms with Gasteiger partial charge in [-0.2, -0.15) is 0 Å². The summed E-state index contributed by atoms with van der Waals surface area (Å²) in [6.07, 6.45) is 3.50. The SMILES string of the molecule is Nc1nc2cccnc2n1Cc1ccccn1. The molecule has 3 heterocycles. The Hall–Kier alpha value is -2.43. The molecule has 3 aromatic heterocycles. The minimum absolute atomic E-state index is 0.462. The number of nitrogens with two attached hydrogens (primary N) is 1. The highest BCUT2D eigenvalue weighted by Gasteiger charge is 2.09. The van der Waals surface area contributed by atoms with Crippen LogP contribution in [0.1, 0.15) is 5.69 Å². The van der Waals surface area contributed by atoms with E-state index in [1.54, 1.807) is 12.4 Å². The van der Waals surface area contributed by atoms with Crippen molar-refractivity contribution in [1.82, 2.24) is 19.5 Å². The molecule has 0 aliphatic heterocycles. The lowest BCUT2D eigenvalue weighted by Crippen LogP contribution is -2.06. The third kappa shape index (κ3) is 1.71. The molecule has 0 unspecified atom stereocenters. The van der Waals surface area contributed by atoms with Crippen molar-refractivity contribution in [1.29, 1.82) is 0 Å². The summed E-state index contributed by atoms with van der Waals surface area (Å²) in [5.74, 6) is 0.462.